The molecule has 0 bridgehead atoms. The van der Waals surface area contributed by atoms with Crippen molar-refractivity contribution in [2.45, 2.75) is 47.3 Å². The van der Waals surface area contributed by atoms with Crippen LogP contribution in [0.1, 0.15) is 46.4 Å². The van der Waals surface area contributed by atoms with E-state index in [0.717, 1.165) is 17.1 Å². The number of carbonyl (C=O) groups excluding carboxylic acids is 1. The van der Waals surface area contributed by atoms with E-state index in [1.54, 1.807) is 11.9 Å². The maximum Gasteiger partial charge on any atom is 0.232 e. The molecule has 0 unspecified atom stereocenters. The first-order chi connectivity index (χ1) is 11.2. The Hall–Kier alpha value is -2.30. The molecule has 0 aliphatic heterocycles. The summed E-state index contributed by atoms with van der Waals surface area (Å²) in [5.41, 5.74) is 1.35. The molecule has 0 spiro atoms. The highest BCUT2D eigenvalue weighted by Crippen LogP contribution is 2.24. The van der Waals surface area contributed by atoms with E-state index < -0.39 is 5.41 Å². The van der Waals surface area contributed by atoms with E-state index in [1.807, 2.05) is 62.0 Å². The van der Waals surface area contributed by atoms with Crippen molar-refractivity contribution >= 4 is 11.6 Å². The standard InChI is InChI=1S/C19H27N3O2/c1-14(2)22-12-11-15(20-22)13-24-17-9-7-16(8-10-17)21(6)18(23)19(3,4)5/h7-12,14H,13H2,1-6H3. The van der Waals surface area contributed by atoms with Gasteiger partial charge in [0.25, 0.3) is 0 Å². The van der Waals surface area contributed by atoms with Crippen molar-refractivity contribution in [2.75, 3.05) is 11.9 Å². The molecule has 24 heavy (non-hydrogen) atoms. The second-order valence-corrected chi connectivity index (χ2v) is 7.28. The minimum absolute atomic E-state index is 0.0791. The molecule has 2 aromatic rings. The van der Waals surface area contributed by atoms with Crippen LogP contribution in [0.2, 0.25) is 0 Å². The quantitative estimate of drug-likeness (QED) is 0.831. The molecule has 2 rings (SSSR count). The number of aromatic nitrogens is 2. The minimum Gasteiger partial charge on any atom is -0.487 e. The topological polar surface area (TPSA) is 47.4 Å². The van der Waals surface area contributed by atoms with Gasteiger partial charge in [0.1, 0.15) is 12.4 Å². The predicted octanol–water partition coefficient (Wildman–Crippen LogP) is 4.05. The maximum absolute atomic E-state index is 12.3. The second kappa shape index (κ2) is 7.07. The van der Waals surface area contributed by atoms with E-state index in [-0.39, 0.29) is 5.91 Å². The van der Waals surface area contributed by atoms with Gasteiger partial charge in [0.05, 0.1) is 5.69 Å². The summed E-state index contributed by atoms with van der Waals surface area (Å²) in [5.74, 6) is 0.838. The Morgan fingerprint density at radius 1 is 1.21 bits per heavy atom. The van der Waals surface area contributed by atoms with Crippen LogP contribution < -0.4 is 9.64 Å². The monoisotopic (exact) mass is 329 g/mol. The van der Waals surface area contributed by atoms with Crippen molar-refractivity contribution in [1.29, 1.82) is 0 Å². The lowest BCUT2D eigenvalue weighted by Gasteiger charge is -2.26. The van der Waals surface area contributed by atoms with Crippen LogP contribution >= 0.6 is 0 Å². The highest BCUT2D eigenvalue weighted by atomic mass is 16.5. The molecule has 5 heteroatoms. The van der Waals surface area contributed by atoms with Gasteiger partial charge < -0.3 is 9.64 Å². The van der Waals surface area contributed by atoms with Gasteiger partial charge >= 0.3 is 0 Å². The van der Waals surface area contributed by atoms with Crippen LogP contribution in [0, 0.1) is 5.41 Å². The number of rotatable bonds is 5. The van der Waals surface area contributed by atoms with Crippen molar-refractivity contribution in [3.63, 3.8) is 0 Å². The van der Waals surface area contributed by atoms with Crippen LogP contribution in [0.25, 0.3) is 0 Å². The zero-order chi connectivity index (χ0) is 17.9. The van der Waals surface area contributed by atoms with Crippen LogP contribution in [0.4, 0.5) is 5.69 Å². The molecule has 130 valence electrons. The molecule has 0 N–H and O–H groups in total. The predicted molar refractivity (Wildman–Crippen MR) is 96.3 cm³/mol. The maximum atomic E-state index is 12.3. The SMILES string of the molecule is CC(C)n1ccc(COc2ccc(N(C)C(=O)C(C)(C)C)cc2)n1. The summed E-state index contributed by atoms with van der Waals surface area (Å²) in [5, 5.41) is 4.46. The number of amides is 1. The number of ether oxygens (including phenoxy) is 1. The largest absolute Gasteiger partial charge is 0.487 e. The van der Waals surface area contributed by atoms with Crippen molar-refractivity contribution in [1.82, 2.24) is 9.78 Å². The molecule has 1 amide bonds. The molecule has 1 aromatic heterocycles. The summed E-state index contributed by atoms with van der Waals surface area (Å²) < 4.78 is 7.68. The van der Waals surface area contributed by atoms with Gasteiger partial charge in [-0.3, -0.25) is 9.48 Å². The summed E-state index contributed by atoms with van der Waals surface area (Å²) in [6.07, 6.45) is 1.96. The molecule has 0 saturated heterocycles. The summed E-state index contributed by atoms with van der Waals surface area (Å²) in [6, 6.07) is 9.85. The van der Waals surface area contributed by atoms with Gasteiger partial charge in [-0.15, -0.1) is 0 Å². The number of anilines is 1. The Kier molecular flexibility index (Phi) is 5.32. The van der Waals surface area contributed by atoms with Crippen LogP contribution in [0.15, 0.2) is 36.5 Å². The van der Waals surface area contributed by atoms with Crippen molar-refractivity contribution in [2.24, 2.45) is 5.41 Å². The zero-order valence-electron chi connectivity index (χ0n) is 15.4. The third-order valence-electron chi connectivity index (χ3n) is 3.75. The van der Waals surface area contributed by atoms with Gasteiger partial charge in [-0.2, -0.15) is 5.10 Å². The normalized spacial score (nSPS) is 11.6. The van der Waals surface area contributed by atoms with Gasteiger partial charge in [0.15, 0.2) is 0 Å². The van der Waals surface area contributed by atoms with E-state index in [0.29, 0.717) is 12.6 Å². The zero-order valence-corrected chi connectivity index (χ0v) is 15.4. The van der Waals surface area contributed by atoms with Gasteiger partial charge in [-0.05, 0) is 44.2 Å². The summed E-state index contributed by atoms with van der Waals surface area (Å²) in [7, 11) is 1.79. The van der Waals surface area contributed by atoms with Crippen molar-refractivity contribution < 1.29 is 9.53 Å². The molecule has 0 radical (unpaired) electrons. The molecule has 0 atom stereocenters. The smallest absolute Gasteiger partial charge is 0.232 e. The first-order valence-corrected chi connectivity index (χ1v) is 8.23. The first kappa shape index (κ1) is 18.0. The highest BCUT2D eigenvalue weighted by molar-refractivity contribution is 5.96. The van der Waals surface area contributed by atoms with Crippen LogP contribution in [0.3, 0.4) is 0 Å². The highest BCUT2D eigenvalue weighted by Gasteiger charge is 2.25. The lowest BCUT2D eigenvalue weighted by atomic mass is 9.95. The van der Waals surface area contributed by atoms with Gasteiger partial charge in [0.2, 0.25) is 5.91 Å². The minimum atomic E-state index is -0.404. The number of hydrogen-bond acceptors (Lipinski definition) is 3. The van der Waals surface area contributed by atoms with E-state index in [1.165, 1.54) is 0 Å². The molecular weight excluding hydrogens is 302 g/mol. The molecule has 0 aliphatic carbocycles. The number of carbonyl (C=O) groups is 1. The van der Waals surface area contributed by atoms with Crippen LogP contribution in [-0.2, 0) is 11.4 Å². The van der Waals surface area contributed by atoms with Crippen molar-refractivity contribution in [3.05, 3.63) is 42.2 Å². The fourth-order valence-electron chi connectivity index (χ4n) is 2.29. The lowest BCUT2D eigenvalue weighted by molar-refractivity contribution is -0.125. The Bertz CT molecular complexity index is 681. The molecule has 0 saturated carbocycles. The van der Waals surface area contributed by atoms with Gasteiger partial charge in [-0.1, -0.05) is 20.8 Å². The third kappa shape index (κ3) is 4.37. The second-order valence-electron chi connectivity index (χ2n) is 7.28. The van der Waals surface area contributed by atoms with E-state index in [4.69, 9.17) is 4.74 Å². The Morgan fingerprint density at radius 2 is 1.83 bits per heavy atom. The summed E-state index contributed by atoms with van der Waals surface area (Å²) in [4.78, 5) is 14.0. The fraction of sp³-hybridized carbons (Fsp3) is 0.474. The van der Waals surface area contributed by atoms with Gasteiger partial charge in [0, 0.05) is 30.4 Å². The van der Waals surface area contributed by atoms with E-state index in [9.17, 15) is 4.79 Å². The number of benzene rings is 1. The molecular formula is C19H27N3O2. The van der Waals surface area contributed by atoms with Crippen LogP contribution in [0.5, 0.6) is 5.75 Å². The fourth-order valence-corrected chi connectivity index (χ4v) is 2.29. The Labute approximate surface area is 144 Å². The third-order valence-corrected chi connectivity index (χ3v) is 3.75. The summed E-state index contributed by atoms with van der Waals surface area (Å²) in [6.45, 7) is 10.4. The number of nitrogens with zero attached hydrogens (tertiary/aromatic N) is 3. The Morgan fingerprint density at radius 3 is 2.33 bits per heavy atom. The molecule has 1 aromatic carbocycles. The van der Waals surface area contributed by atoms with Gasteiger partial charge in [-0.25, -0.2) is 0 Å². The Balaban J connectivity index is 1.97. The molecule has 5 nitrogen and oxygen atoms in total. The summed E-state index contributed by atoms with van der Waals surface area (Å²) >= 11 is 0. The average molecular weight is 329 g/mol. The molecule has 0 fully saturated rings. The average Bonchev–Trinajstić information content (AvgIpc) is 3.00. The van der Waals surface area contributed by atoms with E-state index >= 15 is 0 Å². The number of hydrogen-bond donors (Lipinski definition) is 0. The van der Waals surface area contributed by atoms with E-state index in [2.05, 4.69) is 18.9 Å². The first-order valence-electron chi connectivity index (χ1n) is 8.23. The lowest BCUT2D eigenvalue weighted by Crippen LogP contribution is -2.36. The molecule has 0 aliphatic rings. The van der Waals surface area contributed by atoms with Crippen molar-refractivity contribution in [3.8, 4) is 5.75 Å². The molecule has 1 heterocycles. The van der Waals surface area contributed by atoms with Crippen LogP contribution in [-0.4, -0.2) is 22.7 Å².